The Kier molecular flexibility index (Phi) is 7.03. The molecule has 1 heterocycles. The molecular formula is C23H25N3O3S. The van der Waals surface area contributed by atoms with Gasteiger partial charge in [0.25, 0.3) is 0 Å². The molecule has 2 aromatic rings. The van der Waals surface area contributed by atoms with E-state index in [1.54, 1.807) is 47.4 Å². The van der Waals surface area contributed by atoms with Gasteiger partial charge in [0.2, 0.25) is 15.9 Å². The summed E-state index contributed by atoms with van der Waals surface area (Å²) >= 11 is 0. The summed E-state index contributed by atoms with van der Waals surface area (Å²) in [6, 6.07) is 16.1. The number of rotatable bonds is 6. The Balaban J connectivity index is 1.58. The summed E-state index contributed by atoms with van der Waals surface area (Å²) in [4.78, 5) is 14.4. The van der Waals surface area contributed by atoms with E-state index in [2.05, 4.69) is 13.0 Å². The normalized spacial score (nSPS) is 15.3. The van der Waals surface area contributed by atoms with Crippen molar-refractivity contribution < 1.29 is 13.2 Å². The fourth-order valence-corrected chi connectivity index (χ4v) is 4.78. The van der Waals surface area contributed by atoms with Gasteiger partial charge in [-0.2, -0.15) is 9.57 Å². The van der Waals surface area contributed by atoms with E-state index < -0.39 is 10.0 Å². The Labute approximate surface area is 178 Å². The fraction of sp³-hybridized carbons (Fsp3) is 0.304. The SMILES string of the molecule is CCCc1ccc(S(=O)(=O)N2CCN(C(=O)/C=C/c3ccc(C#N)cc3)CC2)cc1. The van der Waals surface area contributed by atoms with Crippen LogP contribution in [0.4, 0.5) is 0 Å². The molecule has 0 unspecified atom stereocenters. The molecule has 0 bridgehead atoms. The number of carbonyl (C=O) groups excluding carboxylic acids is 1. The summed E-state index contributed by atoms with van der Waals surface area (Å²) in [6.45, 7) is 3.34. The van der Waals surface area contributed by atoms with Crippen molar-refractivity contribution in [2.45, 2.75) is 24.7 Å². The molecule has 0 saturated carbocycles. The highest BCUT2D eigenvalue weighted by Crippen LogP contribution is 2.19. The summed E-state index contributed by atoms with van der Waals surface area (Å²) in [5.41, 5.74) is 2.52. The van der Waals surface area contributed by atoms with E-state index in [1.165, 1.54) is 10.4 Å². The second-order valence-corrected chi connectivity index (χ2v) is 9.13. The third-order valence-electron chi connectivity index (χ3n) is 5.11. The zero-order chi connectivity index (χ0) is 21.6. The topological polar surface area (TPSA) is 81.5 Å². The number of nitrogens with zero attached hydrogens (tertiary/aromatic N) is 3. The number of amides is 1. The molecule has 0 radical (unpaired) electrons. The molecule has 0 spiro atoms. The molecule has 1 aliphatic heterocycles. The lowest BCUT2D eigenvalue weighted by molar-refractivity contribution is -0.127. The highest BCUT2D eigenvalue weighted by Gasteiger charge is 2.29. The van der Waals surface area contributed by atoms with E-state index in [0.717, 1.165) is 24.0 Å². The predicted molar refractivity (Wildman–Crippen MR) is 116 cm³/mol. The number of piperazine rings is 1. The molecule has 7 heteroatoms. The summed E-state index contributed by atoms with van der Waals surface area (Å²) < 4.78 is 27.2. The van der Waals surface area contributed by atoms with Gasteiger partial charge >= 0.3 is 0 Å². The van der Waals surface area contributed by atoms with Crippen molar-refractivity contribution in [1.29, 1.82) is 5.26 Å². The fourth-order valence-electron chi connectivity index (χ4n) is 3.36. The maximum absolute atomic E-state index is 12.9. The van der Waals surface area contributed by atoms with Gasteiger partial charge in [0.05, 0.1) is 16.5 Å². The number of carbonyl (C=O) groups is 1. The van der Waals surface area contributed by atoms with Crippen LogP contribution in [0.15, 0.2) is 59.5 Å². The third-order valence-corrected chi connectivity index (χ3v) is 7.02. The number of sulfonamides is 1. The van der Waals surface area contributed by atoms with E-state index in [4.69, 9.17) is 5.26 Å². The molecule has 156 valence electrons. The van der Waals surface area contributed by atoms with Crippen LogP contribution in [0.1, 0.15) is 30.0 Å². The van der Waals surface area contributed by atoms with Crippen LogP contribution in [-0.2, 0) is 21.2 Å². The predicted octanol–water partition coefficient (Wildman–Crippen LogP) is 3.06. The van der Waals surface area contributed by atoms with Crippen molar-refractivity contribution in [3.05, 3.63) is 71.3 Å². The molecule has 0 N–H and O–H groups in total. The molecule has 1 aliphatic rings. The van der Waals surface area contributed by atoms with Crippen LogP contribution in [0.25, 0.3) is 6.08 Å². The lowest BCUT2D eigenvalue weighted by Gasteiger charge is -2.33. The van der Waals surface area contributed by atoms with E-state index in [1.807, 2.05) is 12.1 Å². The second-order valence-electron chi connectivity index (χ2n) is 7.19. The first-order chi connectivity index (χ1) is 14.4. The van der Waals surface area contributed by atoms with Gasteiger partial charge < -0.3 is 4.90 Å². The van der Waals surface area contributed by atoms with Gasteiger partial charge in [-0.25, -0.2) is 8.42 Å². The Morgan fingerprint density at radius 1 is 1.03 bits per heavy atom. The quantitative estimate of drug-likeness (QED) is 0.669. The van der Waals surface area contributed by atoms with Crippen LogP contribution in [0.5, 0.6) is 0 Å². The van der Waals surface area contributed by atoms with Crippen LogP contribution >= 0.6 is 0 Å². The third kappa shape index (κ3) is 5.15. The van der Waals surface area contributed by atoms with Crippen molar-refractivity contribution in [3.8, 4) is 6.07 Å². The Hall–Kier alpha value is -2.95. The highest BCUT2D eigenvalue weighted by molar-refractivity contribution is 7.89. The summed E-state index contributed by atoms with van der Waals surface area (Å²) in [7, 11) is -3.55. The minimum atomic E-state index is -3.55. The van der Waals surface area contributed by atoms with Gasteiger partial charge in [0.15, 0.2) is 0 Å². The van der Waals surface area contributed by atoms with Gasteiger partial charge in [-0.3, -0.25) is 4.79 Å². The Morgan fingerprint density at radius 3 is 2.23 bits per heavy atom. The monoisotopic (exact) mass is 423 g/mol. The summed E-state index contributed by atoms with van der Waals surface area (Å²) in [5.74, 6) is -0.152. The van der Waals surface area contributed by atoms with Crippen molar-refractivity contribution in [1.82, 2.24) is 9.21 Å². The smallest absolute Gasteiger partial charge is 0.246 e. The Morgan fingerprint density at radius 2 is 1.67 bits per heavy atom. The first kappa shape index (κ1) is 21.8. The maximum atomic E-state index is 12.9. The Bertz CT molecular complexity index is 1040. The van der Waals surface area contributed by atoms with Crippen molar-refractivity contribution >= 4 is 22.0 Å². The number of aryl methyl sites for hydroxylation is 1. The number of benzene rings is 2. The molecule has 2 aromatic carbocycles. The van der Waals surface area contributed by atoms with E-state index >= 15 is 0 Å². The van der Waals surface area contributed by atoms with Crippen LogP contribution < -0.4 is 0 Å². The lowest BCUT2D eigenvalue weighted by atomic mass is 10.1. The molecule has 0 aliphatic carbocycles. The summed E-state index contributed by atoms with van der Waals surface area (Å²) in [5, 5.41) is 8.83. The average Bonchev–Trinajstić information content (AvgIpc) is 2.78. The lowest BCUT2D eigenvalue weighted by Crippen LogP contribution is -2.50. The van der Waals surface area contributed by atoms with Gasteiger partial charge in [-0.15, -0.1) is 0 Å². The first-order valence-electron chi connectivity index (χ1n) is 10.0. The van der Waals surface area contributed by atoms with Gasteiger partial charge in [-0.05, 0) is 47.9 Å². The summed E-state index contributed by atoms with van der Waals surface area (Å²) in [6.07, 6.45) is 5.13. The standard InChI is InChI=1S/C23H25N3O3S/c1-2-3-19-8-11-22(12-9-19)30(28,29)26-16-14-25(15-17-26)23(27)13-10-20-4-6-21(18-24)7-5-20/h4-13H,2-3,14-17H2,1H3/b13-10+. The number of hydrogen-bond acceptors (Lipinski definition) is 4. The van der Waals surface area contributed by atoms with Crippen LogP contribution in [0, 0.1) is 11.3 Å². The molecule has 3 rings (SSSR count). The first-order valence-corrected chi connectivity index (χ1v) is 11.4. The number of hydrogen-bond donors (Lipinski definition) is 0. The van der Waals surface area contributed by atoms with Gasteiger partial charge in [-0.1, -0.05) is 37.6 Å². The van der Waals surface area contributed by atoms with Gasteiger partial charge in [0, 0.05) is 32.3 Å². The molecule has 6 nitrogen and oxygen atoms in total. The minimum absolute atomic E-state index is 0.152. The van der Waals surface area contributed by atoms with Crippen LogP contribution in [-0.4, -0.2) is 49.7 Å². The average molecular weight is 424 g/mol. The maximum Gasteiger partial charge on any atom is 0.246 e. The van der Waals surface area contributed by atoms with Crippen molar-refractivity contribution in [2.75, 3.05) is 26.2 Å². The molecule has 0 aromatic heterocycles. The minimum Gasteiger partial charge on any atom is -0.337 e. The van der Waals surface area contributed by atoms with E-state index in [9.17, 15) is 13.2 Å². The van der Waals surface area contributed by atoms with Crippen LogP contribution in [0.3, 0.4) is 0 Å². The molecule has 1 amide bonds. The number of nitriles is 1. The van der Waals surface area contributed by atoms with Gasteiger partial charge in [0.1, 0.15) is 0 Å². The molecule has 0 atom stereocenters. The molecule has 1 fully saturated rings. The zero-order valence-electron chi connectivity index (χ0n) is 17.0. The van der Waals surface area contributed by atoms with Crippen molar-refractivity contribution in [3.63, 3.8) is 0 Å². The largest absolute Gasteiger partial charge is 0.337 e. The van der Waals surface area contributed by atoms with E-state index in [-0.39, 0.29) is 19.0 Å². The molecule has 30 heavy (non-hydrogen) atoms. The molecule has 1 saturated heterocycles. The molecular weight excluding hydrogens is 398 g/mol. The van der Waals surface area contributed by atoms with Crippen LogP contribution in [0.2, 0.25) is 0 Å². The van der Waals surface area contributed by atoms with Crippen molar-refractivity contribution in [2.24, 2.45) is 0 Å². The zero-order valence-corrected chi connectivity index (χ0v) is 17.8. The highest BCUT2D eigenvalue weighted by atomic mass is 32.2. The van der Waals surface area contributed by atoms with E-state index in [0.29, 0.717) is 23.5 Å². The second kappa shape index (κ2) is 9.70.